The molecule has 0 saturated heterocycles. The smallest absolute Gasteiger partial charge is 0.314 e. The lowest BCUT2D eigenvalue weighted by Gasteiger charge is -2.17. The summed E-state index contributed by atoms with van der Waals surface area (Å²) in [6, 6.07) is 3.54. The van der Waals surface area contributed by atoms with E-state index in [4.69, 9.17) is 4.74 Å². The van der Waals surface area contributed by atoms with Crippen LogP contribution >= 0.6 is 0 Å². The van der Waals surface area contributed by atoms with Crippen LogP contribution < -0.4 is 10.1 Å². The van der Waals surface area contributed by atoms with Crippen molar-refractivity contribution < 1.29 is 9.66 Å². The van der Waals surface area contributed by atoms with E-state index in [1.807, 2.05) is 6.07 Å². The minimum atomic E-state index is -0.358. The molecule has 1 heterocycles. The zero-order valence-corrected chi connectivity index (χ0v) is 8.45. The van der Waals surface area contributed by atoms with Crippen molar-refractivity contribution in [1.82, 2.24) is 5.32 Å². The molecule has 15 heavy (non-hydrogen) atoms. The van der Waals surface area contributed by atoms with Gasteiger partial charge in [0, 0.05) is 12.1 Å². The normalized spacial score (nSPS) is 14.5. The van der Waals surface area contributed by atoms with Crippen LogP contribution in [-0.2, 0) is 13.0 Å². The van der Waals surface area contributed by atoms with Crippen molar-refractivity contribution in [1.29, 1.82) is 0 Å². The number of nitrogens with zero attached hydrogens (tertiary/aromatic N) is 1. The SMILES string of the molecule is COc1ccc2c(c1[N+](=O)[O-])CCNC2. The molecule has 0 unspecified atom stereocenters. The molecule has 0 saturated carbocycles. The Kier molecular flexibility index (Phi) is 2.55. The van der Waals surface area contributed by atoms with Crippen molar-refractivity contribution in [2.75, 3.05) is 13.7 Å². The third kappa shape index (κ3) is 1.66. The molecule has 0 radical (unpaired) electrons. The Hall–Kier alpha value is -1.62. The first-order valence-electron chi connectivity index (χ1n) is 4.78. The molecule has 0 amide bonds. The molecular weight excluding hydrogens is 196 g/mol. The quantitative estimate of drug-likeness (QED) is 0.586. The maximum Gasteiger partial charge on any atom is 0.314 e. The van der Waals surface area contributed by atoms with Crippen molar-refractivity contribution in [2.45, 2.75) is 13.0 Å². The molecule has 0 fully saturated rings. The van der Waals surface area contributed by atoms with Crippen LogP contribution in [0, 0.1) is 10.1 Å². The average Bonchev–Trinajstić information content (AvgIpc) is 2.27. The number of hydrogen-bond acceptors (Lipinski definition) is 4. The predicted octanol–water partition coefficient (Wildman–Crippen LogP) is 1.25. The van der Waals surface area contributed by atoms with Gasteiger partial charge in [-0.2, -0.15) is 0 Å². The second kappa shape index (κ2) is 3.86. The van der Waals surface area contributed by atoms with Crippen molar-refractivity contribution >= 4 is 5.69 Å². The Balaban J connectivity index is 2.59. The maximum absolute atomic E-state index is 11.0. The van der Waals surface area contributed by atoms with Crippen LogP contribution in [0.4, 0.5) is 5.69 Å². The molecule has 1 aliphatic rings. The van der Waals surface area contributed by atoms with E-state index in [0.29, 0.717) is 18.7 Å². The summed E-state index contributed by atoms with van der Waals surface area (Å²) in [5, 5.41) is 14.1. The van der Waals surface area contributed by atoms with Gasteiger partial charge in [-0.15, -0.1) is 0 Å². The van der Waals surface area contributed by atoms with Gasteiger partial charge in [0.25, 0.3) is 0 Å². The fourth-order valence-electron chi connectivity index (χ4n) is 1.90. The van der Waals surface area contributed by atoms with Gasteiger partial charge < -0.3 is 10.1 Å². The molecule has 1 aromatic rings. The maximum atomic E-state index is 11.0. The van der Waals surface area contributed by atoms with Gasteiger partial charge in [-0.25, -0.2) is 0 Å². The number of hydrogen-bond donors (Lipinski definition) is 1. The number of nitro benzene ring substituents is 1. The minimum absolute atomic E-state index is 0.122. The van der Waals surface area contributed by atoms with Crippen LogP contribution in [0.15, 0.2) is 12.1 Å². The largest absolute Gasteiger partial charge is 0.490 e. The van der Waals surface area contributed by atoms with Crippen LogP contribution in [0.25, 0.3) is 0 Å². The van der Waals surface area contributed by atoms with Gasteiger partial charge in [-0.1, -0.05) is 6.07 Å². The number of nitro groups is 1. The Morgan fingerprint density at radius 1 is 1.53 bits per heavy atom. The topological polar surface area (TPSA) is 64.4 Å². The summed E-state index contributed by atoms with van der Waals surface area (Å²) >= 11 is 0. The average molecular weight is 208 g/mol. The molecule has 1 aliphatic heterocycles. The molecule has 0 aromatic heterocycles. The first-order valence-corrected chi connectivity index (χ1v) is 4.78. The molecule has 0 spiro atoms. The minimum Gasteiger partial charge on any atom is -0.490 e. The van der Waals surface area contributed by atoms with Crippen LogP contribution in [0.5, 0.6) is 5.75 Å². The van der Waals surface area contributed by atoms with E-state index in [1.54, 1.807) is 6.07 Å². The van der Waals surface area contributed by atoms with E-state index in [1.165, 1.54) is 7.11 Å². The standard InChI is InChI=1S/C10H12N2O3/c1-15-9-3-2-7-6-11-5-4-8(7)10(9)12(13)14/h2-3,11H,4-6H2,1H3. The monoisotopic (exact) mass is 208 g/mol. The first-order chi connectivity index (χ1) is 7.24. The Morgan fingerprint density at radius 3 is 3.00 bits per heavy atom. The fraction of sp³-hybridized carbons (Fsp3) is 0.400. The number of nitrogens with one attached hydrogen (secondary N) is 1. The number of methoxy groups -OCH3 is 1. The number of rotatable bonds is 2. The summed E-state index contributed by atoms with van der Waals surface area (Å²) in [6.07, 6.45) is 0.683. The van der Waals surface area contributed by atoms with E-state index < -0.39 is 0 Å². The third-order valence-electron chi connectivity index (χ3n) is 2.61. The van der Waals surface area contributed by atoms with Crippen molar-refractivity contribution in [2.24, 2.45) is 0 Å². The van der Waals surface area contributed by atoms with E-state index in [-0.39, 0.29) is 10.6 Å². The van der Waals surface area contributed by atoms with Gasteiger partial charge in [-0.05, 0) is 24.6 Å². The highest BCUT2D eigenvalue weighted by atomic mass is 16.6. The highest BCUT2D eigenvalue weighted by Crippen LogP contribution is 2.34. The summed E-state index contributed by atoms with van der Waals surface area (Å²) < 4.78 is 5.01. The first kappa shape index (κ1) is 9.92. The zero-order valence-electron chi connectivity index (χ0n) is 8.45. The van der Waals surface area contributed by atoms with Crippen LogP contribution in [0.1, 0.15) is 11.1 Å². The van der Waals surface area contributed by atoms with Gasteiger partial charge >= 0.3 is 5.69 Å². The molecule has 1 N–H and O–H groups in total. The van der Waals surface area contributed by atoms with E-state index in [2.05, 4.69) is 5.32 Å². The lowest BCUT2D eigenvalue weighted by Crippen LogP contribution is -2.24. The summed E-state index contributed by atoms with van der Waals surface area (Å²) in [7, 11) is 1.45. The van der Waals surface area contributed by atoms with E-state index in [0.717, 1.165) is 17.7 Å². The van der Waals surface area contributed by atoms with Crippen molar-refractivity contribution in [3.63, 3.8) is 0 Å². The molecule has 2 rings (SSSR count). The highest BCUT2D eigenvalue weighted by molar-refractivity contribution is 5.57. The summed E-state index contributed by atoms with van der Waals surface area (Å²) in [5.41, 5.74) is 1.92. The Bertz CT molecular complexity index is 404. The second-order valence-electron chi connectivity index (χ2n) is 3.44. The van der Waals surface area contributed by atoms with Crippen molar-refractivity contribution in [3.8, 4) is 5.75 Å². The zero-order chi connectivity index (χ0) is 10.8. The summed E-state index contributed by atoms with van der Waals surface area (Å²) in [5.74, 6) is 0.348. The number of benzene rings is 1. The number of ether oxygens (including phenoxy) is 1. The molecule has 80 valence electrons. The molecular formula is C10H12N2O3. The van der Waals surface area contributed by atoms with Crippen LogP contribution in [0.3, 0.4) is 0 Å². The van der Waals surface area contributed by atoms with Gasteiger partial charge in [0.2, 0.25) is 0 Å². The Morgan fingerprint density at radius 2 is 2.33 bits per heavy atom. The van der Waals surface area contributed by atoms with Crippen LogP contribution in [-0.4, -0.2) is 18.6 Å². The van der Waals surface area contributed by atoms with Gasteiger partial charge in [0.05, 0.1) is 12.0 Å². The number of fused-ring (bicyclic) bond motifs is 1. The summed E-state index contributed by atoms with van der Waals surface area (Å²) in [6.45, 7) is 1.47. The lowest BCUT2D eigenvalue weighted by atomic mass is 9.98. The fourth-order valence-corrected chi connectivity index (χ4v) is 1.90. The lowest BCUT2D eigenvalue weighted by molar-refractivity contribution is -0.386. The third-order valence-corrected chi connectivity index (χ3v) is 2.61. The van der Waals surface area contributed by atoms with Crippen molar-refractivity contribution in [3.05, 3.63) is 33.4 Å². The van der Waals surface area contributed by atoms with E-state index >= 15 is 0 Å². The van der Waals surface area contributed by atoms with Gasteiger partial charge in [0.15, 0.2) is 5.75 Å². The second-order valence-corrected chi connectivity index (χ2v) is 3.44. The summed E-state index contributed by atoms with van der Waals surface area (Å²) in [4.78, 5) is 10.6. The predicted molar refractivity (Wildman–Crippen MR) is 55.1 cm³/mol. The molecule has 0 bridgehead atoms. The molecule has 0 atom stereocenters. The Labute approximate surface area is 87.2 Å². The molecule has 0 aliphatic carbocycles. The highest BCUT2D eigenvalue weighted by Gasteiger charge is 2.25. The van der Waals surface area contributed by atoms with Gasteiger partial charge in [0.1, 0.15) is 0 Å². The van der Waals surface area contributed by atoms with E-state index in [9.17, 15) is 10.1 Å². The van der Waals surface area contributed by atoms with Crippen LogP contribution in [0.2, 0.25) is 0 Å². The molecule has 5 heteroatoms. The molecule has 1 aromatic carbocycles. The molecule has 5 nitrogen and oxygen atoms in total. The van der Waals surface area contributed by atoms with Gasteiger partial charge in [-0.3, -0.25) is 10.1 Å².